The number of benzene rings is 1. The van der Waals surface area contributed by atoms with Crippen molar-refractivity contribution in [2.75, 3.05) is 31.1 Å². The Labute approximate surface area is 129 Å². The Morgan fingerprint density at radius 1 is 1.00 bits per heavy atom. The largest absolute Gasteiger partial charge is 0.368 e. The molecule has 0 aliphatic carbocycles. The first kappa shape index (κ1) is 13.9. The fourth-order valence-electron chi connectivity index (χ4n) is 2.50. The number of amides is 1. The third-order valence-electron chi connectivity index (χ3n) is 3.65. The van der Waals surface area contributed by atoms with Crippen LogP contribution in [0.5, 0.6) is 0 Å². The fraction of sp³-hybridized carbons (Fsp3) is 0.250. The second-order valence-electron chi connectivity index (χ2n) is 4.95. The number of aromatic nitrogens is 1. The molecule has 0 unspecified atom stereocenters. The summed E-state index contributed by atoms with van der Waals surface area (Å²) in [5.41, 5.74) is 1.53. The van der Waals surface area contributed by atoms with Crippen molar-refractivity contribution in [3.63, 3.8) is 0 Å². The van der Waals surface area contributed by atoms with E-state index in [1.807, 2.05) is 23.1 Å². The van der Waals surface area contributed by atoms with Crippen molar-refractivity contribution in [1.82, 2.24) is 9.88 Å². The number of anilines is 1. The Hall–Kier alpha value is -2.07. The van der Waals surface area contributed by atoms with Crippen LogP contribution in [0.2, 0.25) is 5.02 Å². The molecular formula is C16H16ClN3O. The minimum absolute atomic E-state index is 0.0895. The minimum atomic E-state index is -0.0895. The number of hydrogen-bond acceptors (Lipinski definition) is 3. The summed E-state index contributed by atoms with van der Waals surface area (Å²) in [4.78, 5) is 20.6. The summed E-state index contributed by atoms with van der Waals surface area (Å²) in [6.07, 6.45) is 1.60. The molecule has 0 bridgehead atoms. The molecule has 0 N–H and O–H groups in total. The van der Waals surface area contributed by atoms with Crippen molar-refractivity contribution >= 4 is 23.2 Å². The standard InChI is InChI=1S/C16H16ClN3O/c17-14-7-4-8-18-15(14)16(21)20-11-9-19(10-12-20)13-5-2-1-3-6-13/h1-8H,9-12H2. The molecule has 0 spiro atoms. The van der Waals surface area contributed by atoms with Crippen molar-refractivity contribution in [2.24, 2.45) is 0 Å². The molecule has 0 radical (unpaired) electrons. The molecule has 1 fully saturated rings. The molecule has 1 aliphatic rings. The van der Waals surface area contributed by atoms with E-state index in [1.165, 1.54) is 5.69 Å². The first-order valence-electron chi connectivity index (χ1n) is 6.95. The zero-order chi connectivity index (χ0) is 14.7. The number of nitrogens with zero attached hydrogens (tertiary/aromatic N) is 3. The number of rotatable bonds is 2. The molecule has 1 aliphatic heterocycles. The third-order valence-corrected chi connectivity index (χ3v) is 3.95. The van der Waals surface area contributed by atoms with E-state index in [2.05, 4.69) is 22.0 Å². The highest BCUT2D eigenvalue weighted by Gasteiger charge is 2.24. The molecule has 0 saturated carbocycles. The van der Waals surface area contributed by atoms with Crippen LogP contribution in [-0.4, -0.2) is 42.0 Å². The van der Waals surface area contributed by atoms with Crippen LogP contribution in [0.4, 0.5) is 5.69 Å². The van der Waals surface area contributed by atoms with Gasteiger partial charge in [0.25, 0.3) is 5.91 Å². The smallest absolute Gasteiger partial charge is 0.274 e. The van der Waals surface area contributed by atoms with E-state index < -0.39 is 0 Å². The van der Waals surface area contributed by atoms with Crippen LogP contribution in [0.15, 0.2) is 48.7 Å². The molecule has 1 amide bonds. The van der Waals surface area contributed by atoms with Gasteiger partial charge in [0.15, 0.2) is 0 Å². The average molecular weight is 302 g/mol. The first-order chi connectivity index (χ1) is 10.3. The van der Waals surface area contributed by atoms with Crippen molar-refractivity contribution in [3.8, 4) is 0 Å². The maximum atomic E-state index is 12.4. The van der Waals surface area contributed by atoms with Crippen LogP contribution in [0.3, 0.4) is 0 Å². The molecule has 0 atom stereocenters. The van der Waals surface area contributed by atoms with Crippen LogP contribution in [0.25, 0.3) is 0 Å². The highest BCUT2D eigenvalue weighted by molar-refractivity contribution is 6.33. The summed E-state index contributed by atoms with van der Waals surface area (Å²) >= 11 is 6.04. The Morgan fingerprint density at radius 2 is 1.71 bits per heavy atom. The molecule has 4 nitrogen and oxygen atoms in total. The molecule has 5 heteroatoms. The number of carbonyl (C=O) groups is 1. The van der Waals surface area contributed by atoms with Crippen LogP contribution in [-0.2, 0) is 0 Å². The van der Waals surface area contributed by atoms with Gasteiger partial charge < -0.3 is 9.80 Å². The van der Waals surface area contributed by atoms with Gasteiger partial charge in [-0.1, -0.05) is 29.8 Å². The van der Waals surface area contributed by atoms with Crippen molar-refractivity contribution in [1.29, 1.82) is 0 Å². The highest BCUT2D eigenvalue weighted by Crippen LogP contribution is 2.18. The van der Waals surface area contributed by atoms with Gasteiger partial charge in [0, 0.05) is 38.1 Å². The average Bonchev–Trinajstić information content (AvgIpc) is 2.56. The predicted molar refractivity (Wildman–Crippen MR) is 83.8 cm³/mol. The van der Waals surface area contributed by atoms with E-state index in [-0.39, 0.29) is 5.91 Å². The number of halogens is 1. The summed E-state index contributed by atoms with van der Waals surface area (Å²) in [5.74, 6) is -0.0895. The molecule has 2 aromatic rings. The number of hydrogen-bond donors (Lipinski definition) is 0. The zero-order valence-corrected chi connectivity index (χ0v) is 12.3. The fourth-order valence-corrected chi connectivity index (χ4v) is 2.70. The molecule has 108 valence electrons. The lowest BCUT2D eigenvalue weighted by Gasteiger charge is -2.36. The van der Waals surface area contributed by atoms with E-state index in [4.69, 9.17) is 11.6 Å². The van der Waals surface area contributed by atoms with Crippen molar-refractivity contribution in [3.05, 3.63) is 59.4 Å². The van der Waals surface area contributed by atoms with Crippen LogP contribution in [0.1, 0.15) is 10.5 Å². The van der Waals surface area contributed by atoms with Gasteiger partial charge in [-0.3, -0.25) is 4.79 Å². The van der Waals surface area contributed by atoms with Gasteiger partial charge in [-0.15, -0.1) is 0 Å². The number of para-hydroxylation sites is 1. The highest BCUT2D eigenvalue weighted by atomic mass is 35.5. The molecule has 2 heterocycles. The number of piperazine rings is 1. The van der Waals surface area contributed by atoms with E-state index in [0.717, 1.165) is 13.1 Å². The Balaban J connectivity index is 1.66. The lowest BCUT2D eigenvalue weighted by Crippen LogP contribution is -2.49. The Bertz CT molecular complexity index is 624. The van der Waals surface area contributed by atoms with Gasteiger partial charge in [0.05, 0.1) is 5.02 Å². The normalized spacial score (nSPS) is 15.1. The van der Waals surface area contributed by atoms with E-state index >= 15 is 0 Å². The van der Waals surface area contributed by atoms with Crippen LogP contribution in [0, 0.1) is 0 Å². The van der Waals surface area contributed by atoms with Gasteiger partial charge in [-0.05, 0) is 24.3 Å². The lowest BCUT2D eigenvalue weighted by molar-refractivity contribution is 0.0741. The topological polar surface area (TPSA) is 36.4 Å². The lowest BCUT2D eigenvalue weighted by atomic mass is 10.2. The first-order valence-corrected chi connectivity index (χ1v) is 7.33. The molecule has 21 heavy (non-hydrogen) atoms. The van der Waals surface area contributed by atoms with Gasteiger partial charge >= 0.3 is 0 Å². The molecule has 1 aromatic carbocycles. The summed E-state index contributed by atoms with van der Waals surface area (Å²) in [6.45, 7) is 3.00. The second kappa shape index (κ2) is 6.14. The summed E-state index contributed by atoms with van der Waals surface area (Å²) in [6, 6.07) is 13.7. The van der Waals surface area contributed by atoms with E-state index in [9.17, 15) is 4.79 Å². The summed E-state index contributed by atoms with van der Waals surface area (Å²) < 4.78 is 0. The van der Waals surface area contributed by atoms with Gasteiger partial charge in [0.2, 0.25) is 0 Å². The molecular weight excluding hydrogens is 286 g/mol. The van der Waals surface area contributed by atoms with Gasteiger partial charge in [-0.2, -0.15) is 0 Å². The molecule has 1 aromatic heterocycles. The number of pyridine rings is 1. The monoisotopic (exact) mass is 301 g/mol. The maximum absolute atomic E-state index is 12.4. The van der Waals surface area contributed by atoms with Crippen LogP contribution >= 0.6 is 11.6 Å². The van der Waals surface area contributed by atoms with Gasteiger partial charge in [0.1, 0.15) is 5.69 Å². The maximum Gasteiger partial charge on any atom is 0.274 e. The Kier molecular flexibility index (Phi) is 4.06. The van der Waals surface area contributed by atoms with Crippen molar-refractivity contribution < 1.29 is 4.79 Å². The minimum Gasteiger partial charge on any atom is -0.368 e. The number of carbonyl (C=O) groups excluding carboxylic acids is 1. The van der Waals surface area contributed by atoms with Gasteiger partial charge in [-0.25, -0.2) is 4.98 Å². The third kappa shape index (κ3) is 3.00. The summed E-state index contributed by atoms with van der Waals surface area (Å²) in [5, 5.41) is 0.410. The van der Waals surface area contributed by atoms with Crippen LogP contribution < -0.4 is 4.90 Å². The Morgan fingerprint density at radius 3 is 2.38 bits per heavy atom. The zero-order valence-electron chi connectivity index (χ0n) is 11.6. The predicted octanol–water partition coefficient (Wildman–Crippen LogP) is 2.70. The molecule has 3 rings (SSSR count). The summed E-state index contributed by atoms with van der Waals surface area (Å²) in [7, 11) is 0. The molecule has 1 saturated heterocycles. The quantitative estimate of drug-likeness (QED) is 0.856. The second-order valence-corrected chi connectivity index (χ2v) is 5.36. The SMILES string of the molecule is O=C(c1ncccc1Cl)N1CCN(c2ccccc2)CC1. The van der Waals surface area contributed by atoms with E-state index in [1.54, 1.807) is 18.3 Å². The van der Waals surface area contributed by atoms with E-state index in [0.29, 0.717) is 23.8 Å². The van der Waals surface area contributed by atoms with Crippen molar-refractivity contribution in [2.45, 2.75) is 0 Å².